The lowest BCUT2D eigenvalue weighted by molar-refractivity contribution is 0.627. The molecule has 42 heavy (non-hydrogen) atoms. The van der Waals surface area contributed by atoms with Crippen molar-refractivity contribution in [3.8, 4) is 0 Å². The monoisotopic (exact) mass is 612 g/mol. The van der Waals surface area contributed by atoms with E-state index in [-0.39, 0.29) is 0 Å². The molecule has 0 unspecified atom stereocenters. The van der Waals surface area contributed by atoms with Gasteiger partial charge in [0.05, 0.1) is 0 Å². The third-order valence-electron chi connectivity index (χ3n) is 8.54. The molecule has 0 N–H and O–H groups in total. The minimum absolute atomic E-state index is 0.991. The second-order valence-corrected chi connectivity index (χ2v) is 15.1. The Bertz CT molecular complexity index is 1640. The number of fused-ring (bicyclic) bond motifs is 9. The minimum Gasteiger partial charge on any atom is -0.455 e. The Morgan fingerprint density at radius 3 is 1.71 bits per heavy atom. The average Bonchev–Trinajstić information content (AvgIpc) is 3.58. The Labute approximate surface area is 263 Å². The molecule has 1 nitrogen and oxygen atoms in total. The Kier molecular flexibility index (Phi) is 10.4. The van der Waals surface area contributed by atoms with Crippen LogP contribution in [0.3, 0.4) is 0 Å². The second-order valence-electron chi connectivity index (χ2n) is 11.7. The smallest absolute Gasteiger partial charge is 0.143 e. The third-order valence-corrected chi connectivity index (χ3v) is 11.9. The number of hydrogen-bond acceptors (Lipinski definition) is 4. The number of unbranched alkanes of at least 4 members (excludes halogenated alkanes) is 10. The summed E-state index contributed by atoms with van der Waals surface area (Å²) in [4.78, 5) is 2.75. The minimum atomic E-state index is 0.991. The van der Waals surface area contributed by atoms with Crippen LogP contribution in [0.5, 0.6) is 0 Å². The maximum atomic E-state index is 6.52. The van der Waals surface area contributed by atoms with Gasteiger partial charge in [0, 0.05) is 51.5 Å². The highest BCUT2D eigenvalue weighted by Crippen LogP contribution is 2.43. The van der Waals surface area contributed by atoms with Gasteiger partial charge in [-0.15, -0.1) is 34.9 Å². The van der Waals surface area contributed by atoms with E-state index in [4.69, 9.17) is 4.42 Å². The molecule has 0 amide bonds. The highest BCUT2D eigenvalue weighted by Gasteiger charge is 2.15. The molecule has 0 aliphatic carbocycles. The molecule has 0 aliphatic rings. The van der Waals surface area contributed by atoms with Crippen LogP contribution in [0.15, 0.2) is 74.9 Å². The summed E-state index contributed by atoms with van der Waals surface area (Å²) in [5, 5.41) is 7.76. The van der Waals surface area contributed by atoms with Crippen LogP contribution in [0.25, 0.3) is 52.9 Å². The predicted molar refractivity (Wildman–Crippen MR) is 192 cm³/mol. The van der Waals surface area contributed by atoms with Gasteiger partial charge in [-0.25, -0.2) is 0 Å². The molecule has 6 aromatic rings. The van der Waals surface area contributed by atoms with Gasteiger partial charge in [-0.1, -0.05) is 90.2 Å². The van der Waals surface area contributed by atoms with E-state index >= 15 is 0 Å². The molecule has 0 atom stereocenters. The Balaban J connectivity index is 1.21. The van der Waals surface area contributed by atoms with E-state index < -0.39 is 0 Å². The molecule has 220 valence electrons. The number of thiophene rings is 1. The molecule has 0 fully saturated rings. The molecule has 0 saturated heterocycles. The fourth-order valence-corrected chi connectivity index (χ4v) is 9.27. The topological polar surface area (TPSA) is 13.1 Å². The van der Waals surface area contributed by atoms with Crippen LogP contribution < -0.4 is 0 Å². The van der Waals surface area contributed by atoms with E-state index in [2.05, 4.69) is 74.5 Å². The zero-order chi connectivity index (χ0) is 28.7. The normalized spacial score (nSPS) is 12.1. The van der Waals surface area contributed by atoms with Crippen molar-refractivity contribution in [3.05, 3.63) is 60.7 Å². The van der Waals surface area contributed by atoms with Crippen LogP contribution >= 0.6 is 34.9 Å². The summed E-state index contributed by atoms with van der Waals surface area (Å²) in [6, 6.07) is 23.1. The second kappa shape index (κ2) is 14.6. The number of thioether (sulfide) groups is 2. The van der Waals surface area contributed by atoms with Crippen LogP contribution in [-0.4, -0.2) is 11.5 Å². The van der Waals surface area contributed by atoms with Gasteiger partial charge in [-0.05, 0) is 72.9 Å². The van der Waals surface area contributed by atoms with Crippen molar-refractivity contribution in [2.45, 2.75) is 101 Å². The van der Waals surface area contributed by atoms with Crippen LogP contribution in [0.4, 0.5) is 0 Å². The van der Waals surface area contributed by atoms with Crippen molar-refractivity contribution >= 4 is 87.7 Å². The SMILES string of the molecule is CCCCCCCCSc1ccc2oc3c(ccc4c3ccc3c5cc(SCCCCCCCC)ccc5sc34)c2c1. The highest BCUT2D eigenvalue weighted by molar-refractivity contribution is 7.99. The lowest BCUT2D eigenvalue weighted by atomic mass is 10.0. The van der Waals surface area contributed by atoms with Gasteiger partial charge in [-0.2, -0.15) is 0 Å². The summed E-state index contributed by atoms with van der Waals surface area (Å²) in [6.45, 7) is 4.57. The van der Waals surface area contributed by atoms with Crippen molar-refractivity contribution in [1.82, 2.24) is 0 Å². The maximum Gasteiger partial charge on any atom is 0.143 e. The fourth-order valence-electron chi connectivity index (χ4n) is 6.16. The molecule has 2 aromatic heterocycles. The molecule has 0 spiro atoms. The first-order chi connectivity index (χ1) is 20.8. The van der Waals surface area contributed by atoms with E-state index in [1.807, 2.05) is 34.9 Å². The molecule has 4 heteroatoms. The lowest BCUT2D eigenvalue weighted by Gasteiger charge is -2.03. The van der Waals surface area contributed by atoms with Crippen LogP contribution in [0.1, 0.15) is 90.9 Å². The quantitative estimate of drug-likeness (QED) is 0.0797. The van der Waals surface area contributed by atoms with Crippen molar-refractivity contribution in [2.75, 3.05) is 11.5 Å². The van der Waals surface area contributed by atoms with Crippen LogP contribution in [-0.2, 0) is 0 Å². The van der Waals surface area contributed by atoms with Crippen LogP contribution in [0, 0.1) is 0 Å². The van der Waals surface area contributed by atoms with Gasteiger partial charge in [0.2, 0.25) is 0 Å². The molecule has 0 saturated carbocycles. The van der Waals surface area contributed by atoms with Gasteiger partial charge in [0.1, 0.15) is 11.2 Å². The van der Waals surface area contributed by atoms with Crippen molar-refractivity contribution in [1.29, 1.82) is 0 Å². The largest absolute Gasteiger partial charge is 0.455 e. The average molecular weight is 613 g/mol. The Morgan fingerprint density at radius 2 is 1.05 bits per heavy atom. The maximum absolute atomic E-state index is 6.52. The summed E-state index contributed by atoms with van der Waals surface area (Å²) in [5.74, 6) is 2.41. The number of rotatable bonds is 16. The standard InChI is InChI=1S/C38H44OS3/c1-3-5-7-9-11-13-23-40-27-15-21-35-33(25-27)30-18-19-31-29(37(30)39-35)17-20-32-34-26-28(16-22-36(34)42-38(31)32)41-24-14-12-10-8-6-4-2/h15-22,25-26H,3-14,23-24H2,1-2H3. The molecule has 0 bridgehead atoms. The van der Waals surface area contributed by atoms with E-state index in [1.54, 1.807) is 0 Å². The summed E-state index contributed by atoms with van der Waals surface area (Å²) in [6.07, 6.45) is 16.2. The summed E-state index contributed by atoms with van der Waals surface area (Å²) >= 11 is 5.93. The molecule has 4 aromatic carbocycles. The molecule has 0 radical (unpaired) electrons. The summed E-state index contributed by atoms with van der Waals surface area (Å²) in [5.41, 5.74) is 2.01. The zero-order valence-electron chi connectivity index (χ0n) is 25.3. The molecule has 6 rings (SSSR count). The number of furan rings is 1. The summed E-state index contributed by atoms with van der Waals surface area (Å²) < 4.78 is 9.27. The van der Waals surface area contributed by atoms with Crippen LogP contribution in [0.2, 0.25) is 0 Å². The molecule has 2 heterocycles. The first-order valence-electron chi connectivity index (χ1n) is 16.3. The van der Waals surface area contributed by atoms with E-state index in [0.717, 1.165) is 11.2 Å². The zero-order valence-corrected chi connectivity index (χ0v) is 27.8. The molecular formula is C38H44OS3. The van der Waals surface area contributed by atoms with E-state index in [1.165, 1.54) is 140 Å². The van der Waals surface area contributed by atoms with Crippen molar-refractivity contribution < 1.29 is 4.42 Å². The third kappa shape index (κ3) is 6.66. The van der Waals surface area contributed by atoms with E-state index in [9.17, 15) is 0 Å². The lowest BCUT2D eigenvalue weighted by Crippen LogP contribution is -1.82. The van der Waals surface area contributed by atoms with Gasteiger partial charge >= 0.3 is 0 Å². The van der Waals surface area contributed by atoms with Gasteiger partial charge in [-0.3, -0.25) is 0 Å². The highest BCUT2D eigenvalue weighted by atomic mass is 32.2. The fraction of sp³-hybridized carbons (Fsp3) is 0.421. The van der Waals surface area contributed by atoms with Crippen molar-refractivity contribution in [3.63, 3.8) is 0 Å². The van der Waals surface area contributed by atoms with Gasteiger partial charge < -0.3 is 4.42 Å². The van der Waals surface area contributed by atoms with Crippen molar-refractivity contribution in [2.24, 2.45) is 0 Å². The predicted octanol–water partition coefficient (Wildman–Crippen LogP) is 14.0. The van der Waals surface area contributed by atoms with E-state index in [0.29, 0.717) is 0 Å². The van der Waals surface area contributed by atoms with Gasteiger partial charge in [0.25, 0.3) is 0 Å². The van der Waals surface area contributed by atoms with Gasteiger partial charge in [0.15, 0.2) is 0 Å². The molecule has 0 aliphatic heterocycles. The summed E-state index contributed by atoms with van der Waals surface area (Å²) in [7, 11) is 0. The number of hydrogen-bond donors (Lipinski definition) is 0. The molecular weight excluding hydrogens is 569 g/mol. The first-order valence-corrected chi connectivity index (χ1v) is 19.1. The number of benzene rings is 4. The first kappa shape index (κ1) is 29.9. The Morgan fingerprint density at radius 1 is 0.524 bits per heavy atom. The Hall–Kier alpha value is -2.14.